The molecule has 1 saturated heterocycles. The molecule has 1 fully saturated rings. The highest BCUT2D eigenvalue weighted by Gasteiger charge is 2.38. The van der Waals surface area contributed by atoms with Crippen LogP contribution in [-0.2, 0) is 15.1 Å². The van der Waals surface area contributed by atoms with E-state index in [9.17, 15) is 4.39 Å². The fourth-order valence-corrected chi connectivity index (χ4v) is 3.49. The summed E-state index contributed by atoms with van der Waals surface area (Å²) < 4.78 is 31.7. The van der Waals surface area contributed by atoms with E-state index in [0.717, 1.165) is 11.1 Å². The monoisotopic (exact) mass is 368 g/mol. The largest absolute Gasteiger partial charge is 0.481 e. The molecule has 1 aliphatic rings. The zero-order valence-electron chi connectivity index (χ0n) is 15.8. The van der Waals surface area contributed by atoms with Crippen LogP contribution in [0.1, 0.15) is 37.8 Å². The van der Waals surface area contributed by atoms with Crippen LogP contribution in [0.4, 0.5) is 4.39 Å². The molecule has 2 aromatic rings. The van der Waals surface area contributed by atoms with E-state index in [0.29, 0.717) is 31.8 Å². The molecule has 0 amide bonds. The third-order valence-corrected chi connectivity index (χ3v) is 4.66. The van der Waals surface area contributed by atoms with Crippen molar-refractivity contribution in [3.63, 3.8) is 0 Å². The molecule has 0 aromatic heterocycles. The zero-order valence-corrected chi connectivity index (χ0v) is 15.8. The van der Waals surface area contributed by atoms with E-state index in [1.54, 1.807) is 0 Å². The molecule has 0 N–H and O–H groups in total. The highest BCUT2D eigenvalue weighted by Crippen LogP contribution is 2.40. The van der Waals surface area contributed by atoms with Gasteiger partial charge in [-0.25, -0.2) is 4.39 Å². The van der Waals surface area contributed by atoms with Gasteiger partial charge in [0.2, 0.25) is 0 Å². The van der Waals surface area contributed by atoms with Crippen LogP contribution in [-0.4, -0.2) is 25.9 Å². The second-order valence-electron chi connectivity index (χ2n) is 6.69. The van der Waals surface area contributed by atoms with E-state index in [4.69, 9.17) is 14.2 Å². The minimum absolute atomic E-state index is 0.0645. The van der Waals surface area contributed by atoms with E-state index in [-0.39, 0.29) is 18.5 Å². The first-order chi connectivity index (χ1) is 13.1. The van der Waals surface area contributed by atoms with Crippen LogP contribution in [0, 0.1) is 17.7 Å². The summed E-state index contributed by atoms with van der Waals surface area (Å²) in [5.74, 6) is 6.12. The van der Waals surface area contributed by atoms with Crippen molar-refractivity contribution in [1.82, 2.24) is 0 Å². The Labute approximate surface area is 160 Å². The molecular formula is C23H25FO3. The summed E-state index contributed by atoms with van der Waals surface area (Å²) in [5.41, 5.74) is 1.18. The SMILES string of the molecule is CCO[C@]1(c2cc(F)cc(OCC#Cc3ccccc3)c2)CCO[C@H](C)C1. The Morgan fingerprint density at radius 3 is 2.78 bits per heavy atom. The summed E-state index contributed by atoms with van der Waals surface area (Å²) in [5, 5.41) is 0. The van der Waals surface area contributed by atoms with Crippen LogP contribution in [0.15, 0.2) is 48.5 Å². The summed E-state index contributed by atoms with van der Waals surface area (Å²) in [6.45, 7) is 5.32. The van der Waals surface area contributed by atoms with E-state index in [1.165, 1.54) is 12.1 Å². The number of rotatable bonds is 5. The highest BCUT2D eigenvalue weighted by molar-refractivity contribution is 5.36. The third kappa shape index (κ3) is 5.09. The van der Waals surface area contributed by atoms with Gasteiger partial charge in [-0.05, 0) is 43.7 Å². The summed E-state index contributed by atoms with van der Waals surface area (Å²) >= 11 is 0. The maximum atomic E-state index is 14.3. The van der Waals surface area contributed by atoms with Gasteiger partial charge in [0.1, 0.15) is 18.2 Å². The lowest BCUT2D eigenvalue weighted by atomic mass is 9.83. The molecule has 0 radical (unpaired) electrons. The maximum Gasteiger partial charge on any atom is 0.149 e. The lowest BCUT2D eigenvalue weighted by molar-refractivity contribution is -0.137. The van der Waals surface area contributed by atoms with Crippen molar-refractivity contribution in [3.05, 3.63) is 65.5 Å². The lowest BCUT2D eigenvalue weighted by Crippen LogP contribution is -2.40. The molecule has 1 heterocycles. The van der Waals surface area contributed by atoms with Gasteiger partial charge in [0.25, 0.3) is 0 Å². The van der Waals surface area contributed by atoms with Gasteiger partial charge in [-0.2, -0.15) is 0 Å². The molecule has 4 heteroatoms. The zero-order chi connectivity index (χ0) is 19.1. The standard InChI is InChI=1S/C23H25FO3/c1-3-27-23(11-13-25-18(2)17-23)20-14-21(24)16-22(15-20)26-12-7-10-19-8-5-4-6-9-19/h4-6,8-9,14-16,18H,3,11-13,17H2,1-2H3/t18-,23-/m1/s1. The van der Waals surface area contributed by atoms with Gasteiger partial charge in [-0.1, -0.05) is 30.0 Å². The minimum atomic E-state index is -0.539. The van der Waals surface area contributed by atoms with Crippen molar-refractivity contribution in [2.45, 2.75) is 38.4 Å². The second kappa shape index (κ2) is 9.03. The Kier molecular flexibility index (Phi) is 6.49. The van der Waals surface area contributed by atoms with Crippen molar-refractivity contribution in [3.8, 4) is 17.6 Å². The van der Waals surface area contributed by atoms with E-state index >= 15 is 0 Å². The summed E-state index contributed by atoms with van der Waals surface area (Å²) in [7, 11) is 0. The smallest absolute Gasteiger partial charge is 0.149 e. The van der Waals surface area contributed by atoms with E-state index in [2.05, 4.69) is 11.8 Å². The molecule has 2 atom stereocenters. The number of ether oxygens (including phenoxy) is 3. The lowest BCUT2D eigenvalue weighted by Gasteiger charge is -2.40. The second-order valence-corrected chi connectivity index (χ2v) is 6.69. The fourth-order valence-electron chi connectivity index (χ4n) is 3.49. The molecule has 0 aliphatic carbocycles. The molecule has 0 saturated carbocycles. The Balaban J connectivity index is 1.76. The topological polar surface area (TPSA) is 27.7 Å². The number of benzene rings is 2. The Bertz CT molecular complexity index is 805. The van der Waals surface area contributed by atoms with Gasteiger partial charge in [-0.3, -0.25) is 0 Å². The normalized spacial score (nSPS) is 22.0. The minimum Gasteiger partial charge on any atom is -0.481 e. The predicted molar refractivity (Wildman–Crippen MR) is 103 cm³/mol. The van der Waals surface area contributed by atoms with Gasteiger partial charge < -0.3 is 14.2 Å². The number of halogens is 1. The number of hydrogen-bond acceptors (Lipinski definition) is 3. The Morgan fingerprint density at radius 1 is 1.22 bits per heavy atom. The van der Waals surface area contributed by atoms with Crippen molar-refractivity contribution < 1.29 is 18.6 Å². The van der Waals surface area contributed by atoms with Crippen LogP contribution in [0.2, 0.25) is 0 Å². The first kappa shape index (κ1) is 19.4. The van der Waals surface area contributed by atoms with Gasteiger partial charge in [0.15, 0.2) is 0 Å². The highest BCUT2D eigenvalue weighted by atomic mass is 19.1. The molecule has 3 rings (SSSR count). The Morgan fingerprint density at radius 2 is 2.04 bits per heavy atom. The Hall–Kier alpha value is -2.35. The van der Waals surface area contributed by atoms with Gasteiger partial charge >= 0.3 is 0 Å². The van der Waals surface area contributed by atoms with Gasteiger partial charge in [0, 0.05) is 31.1 Å². The van der Waals surface area contributed by atoms with E-state index < -0.39 is 5.60 Å². The summed E-state index contributed by atoms with van der Waals surface area (Å²) in [6.07, 6.45) is 1.45. The molecule has 0 bridgehead atoms. The quantitative estimate of drug-likeness (QED) is 0.717. The summed E-state index contributed by atoms with van der Waals surface area (Å²) in [6, 6.07) is 14.5. The van der Waals surface area contributed by atoms with Crippen molar-refractivity contribution >= 4 is 0 Å². The fraction of sp³-hybridized carbons (Fsp3) is 0.391. The van der Waals surface area contributed by atoms with Crippen LogP contribution < -0.4 is 4.74 Å². The van der Waals surface area contributed by atoms with Crippen molar-refractivity contribution in [2.24, 2.45) is 0 Å². The van der Waals surface area contributed by atoms with Gasteiger partial charge in [0.05, 0.1) is 18.3 Å². The van der Waals surface area contributed by atoms with Crippen LogP contribution >= 0.6 is 0 Å². The molecule has 142 valence electrons. The van der Waals surface area contributed by atoms with Crippen LogP contribution in [0.3, 0.4) is 0 Å². The van der Waals surface area contributed by atoms with Crippen molar-refractivity contribution in [2.75, 3.05) is 19.8 Å². The molecule has 0 unspecified atom stereocenters. The summed E-state index contributed by atoms with van der Waals surface area (Å²) in [4.78, 5) is 0. The number of hydrogen-bond donors (Lipinski definition) is 0. The molecule has 2 aromatic carbocycles. The van der Waals surface area contributed by atoms with E-state index in [1.807, 2.05) is 50.2 Å². The van der Waals surface area contributed by atoms with Gasteiger partial charge in [-0.15, -0.1) is 0 Å². The molecular weight excluding hydrogens is 343 g/mol. The average molecular weight is 368 g/mol. The maximum absolute atomic E-state index is 14.3. The molecule has 1 aliphatic heterocycles. The van der Waals surface area contributed by atoms with Crippen LogP contribution in [0.25, 0.3) is 0 Å². The molecule has 27 heavy (non-hydrogen) atoms. The first-order valence-corrected chi connectivity index (χ1v) is 9.35. The molecule has 0 spiro atoms. The van der Waals surface area contributed by atoms with Crippen molar-refractivity contribution in [1.29, 1.82) is 0 Å². The third-order valence-electron chi connectivity index (χ3n) is 4.66. The first-order valence-electron chi connectivity index (χ1n) is 9.35. The van der Waals surface area contributed by atoms with Crippen LogP contribution in [0.5, 0.6) is 5.75 Å². The predicted octanol–water partition coefficient (Wildman–Crippen LogP) is 4.69. The average Bonchev–Trinajstić information content (AvgIpc) is 2.66. The molecule has 3 nitrogen and oxygen atoms in total.